The minimum absolute atomic E-state index is 0.109. The molecule has 0 saturated carbocycles. The lowest BCUT2D eigenvalue weighted by molar-refractivity contribution is -0.0555. The van der Waals surface area contributed by atoms with E-state index in [4.69, 9.17) is 16.3 Å². The molecule has 162 valence electrons. The van der Waals surface area contributed by atoms with E-state index in [1.165, 1.54) is 6.20 Å². The number of hydrogen-bond acceptors (Lipinski definition) is 7. The Labute approximate surface area is 181 Å². The molecule has 1 fully saturated rings. The molecule has 0 aliphatic carbocycles. The predicted octanol–water partition coefficient (Wildman–Crippen LogP) is 0.385. The van der Waals surface area contributed by atoms with Crippen LogP contribution in [0.2, 0.25) is 5.02 Å². The Balaban J connectivity index is 1.67. The number of ether oxygens (including phenoxy) is 1. The van der Waals surface area contributed by atoms with Crippen molar-refractivity contribution < 1.29 is 20.1 Å². The van der Waals surface area contributed by atoms with Gasteiger partial charge in [-0.1, -0.05) is 23.7 Å². The van der Waals surface area contributed by atoms with E-state index in [-0.39, 0.29) is 6.54 Å². The monoisotopic (exact) mass is 445 g/mol. The van der Waals surface area contributed by atoms with E-state index in [9.17, 15) is 24.9 Å². The summed E-state index contributed by atoms with van der Waals surface area (Å²) < 4.78 is 7.38. The molecule has 10 heteroatoms. The summed E-state index contributed by atoms with van der Waals surface area (Å²) in [6.07, 6.45) is -2.31. The normalized spacial score (nSPS) is 23.2. The minimum atomic E-state index is -1.44. The highest BCUT2D eigenvalue weighted by molar-refractivity contribution is 6.30. The van der Waals surface area contributed by atoms with E-state index < -0.39 is 42.4 Å². The summed E-state index contributed by atoms with van der Waals surface area (Å²) in [5, 5.41) is 30.0. The van der Waals surface area contributed by atoms with Crippen molar-refractivity contribution in [1.82, 2.24) is 14.1 Å². The van der Waals surface area contributed by atoms with Crippen LogP contribution >= 0.6 is 11.6 Å². The van der Waals surface area contributed by atoms with Gasteiger partial charge in [0.2, 0.25) is 0 Å². The lowest BCUT2D eigenvalue weighted by Crippen LogP contribution is -2.43. The van der Waals surface area contributed by atoms with Crippen LogP contribution in [0.5, 0.6) is 0 Å². The fourth-order valence-electron chi connectivity index (χ4n) is 3.55. The Morgan fingerprint density at radius 2 is 1.84 bits per heavy atom. The smallest absolute Gasteiger partial charge is 0.333 e. The van der Waals surface area contributed by atoms with Crippen molar-refractivity contribution in [1.29, 1.82) is 0 Å². The molecule has 2 unspecified atom stereocenters. The zero-order chi connectivity index (χ0) is 22.1. The Bertz CT molecular complexity index is 1210. The first-order chi connectivity index (χ1) is 14.9. The highest BCUT2D eigenvalue weighted by Crippen LogP contribution is 2.28. The molecule has 4 atom stereocenters. The topological polar surface area (TPSA) is 127 Å². The summed E-state index contributed by atoms with van der Waals surface area (Å²) in [5.41, 5.74) is 0.858. The van der Waals surface area contributed by atoms with Gasteiger partial charge in [0.25, 0.3) is 5.56 Å². The fourth-order valence-corrected chi connectivity index (χ4v) is 3.75. The van der Waals surface area contributed by atoms with Crippen molar-refractivity contribution >= 4 is 11.6 Å². The van der Waals surface area contributed by atoms with Gasteiger partial charge in [0.15, 0.2) is 6.23 Å². The number of pyridine rings is 1. The summed E-state index contributed by atoms with van der Waals surface area (Å²) in [6, 6.07) is 12.0. The number of nitrogens with zero attached hydrogens (tertiary/aromatic N) is 3. The third-order valence-corrected chi connectivity index (χ3v) is 5.42. The number of benzene rings is 1. The van der Waals surface area contributed by atoms with Crippen molar-refractivity contribution in [2.75, 3.05) is 6.61 Å². The number of aromatic nitrogens is 3. The van der Waals surface area contributed by atoms with E-state index in [0.29, 0.717) is 10.7 Å². The molecule has 1 aliphatic rings. The van der Waals surface area contributed by atoms with Gasteiger partial charge in [0, 0.05) is 23.5 Å². The molecule has 4 rings (SSSR count). The van der Waals surface area contributed by atoms with Crippen LogP contribution in [0.4, 0.5) is 0 Å². The van der Waals surface area contributed by atoms with E-state index in [2.05, 4.69) is 4.98 Å². The van der Waals surface area contributed by atoms with Gasteiger partial charge in [-0.3, -0.25) is 18.9 Å². The third kappa shape index (κ3) is 4.18. The van der Waals surface area contributed by atoms with E-state index in [1.54, 1.807) is 30.5 Å². The number of rotatable bonds is 5. The van der Waals surface area contributed by atoms with Gasteiger partial charge in [-0.2, -0.15) is 0 Å². The highest BCUT2D eigenvalue weighted by atomic mass is 35.5. The van der Waals surface area contributed by atoms with Crippen LogP contribution in [-0.2, 0) is 11.3 Å². The highest BCUT2D eigenvalue weighted by Gasteiger charge is 2.43. The molecule has 3 N–H and O–H groups in total. The number of hydrogen-bond donors (Lipinski definition) is 3. The van der Waals surface area contributed by atoms with Crippen LogP contribution in [0, 0.1) is 0 Å². The van der Waals surface area contributed by atoms with Gasteiger partial charge >= 0.3 is 5.69 Å². The second-order valence-electron chi connectivity index (χ2n) is 7.21. The molecular weight excluding hydrogens is 426 g/mol. The fraction of sp³-hybridized carbons (Fsp3) is 0.286. The van der Waals surface area contributed by atoms with Crippen LogP contribution in [0.3, 0.4) is 0 Å². The average Bonchev–Trinajstić information content (AvgIpc) is 3.05. The Morgan fingerprint density at radius 1 is 1.06 bits per heavy atom. The largest absolute Gasteiger partial charge is 0.394 e. The maximum atomic E-state index is 13.0. The van der Waals surface area contributed by atoms with E-state index >= 15 is 0 Å². The Morgan fingerprint density at radius 3 is 2.55 bits per heavy atom. The molecule has 1 aliphatic heterocycles. The van der Waals surface area contributed by atoms with Crippen LogP contribution in [-0.4, -0.2) is 54.4 Å². The van der Waals surface area contributed by atoms with Crippen LogP contribution < -0.4 is 11.2 Å². The SMILES string of the molecule is O=c1ccn([C@@H]2O[C@H](CO)C(O)C2O)c(=O)n1Cc1cc(-c2cccc(Cl)c2)ccn1. The lowest BCUT2D eigenvalue weighted by atomic mass is 10.1. The summed E-state index contributed by atoms with van der Waals surface area (Å²) in [5.74, 6) is 0. The maximum Gasteiger partial charge on any atom is 0.333 e. The molecule has 3 aromatic rings. The molecule has 0 amide bonds. The molecule has 1 aromatic carbocycles. The Kier molecular flexibility index (Phi) is 6.03. The zero-order valence-electron chi connectivity index (χ0n) is 16.2. The first-order valence-corrected chi connectivity index (χ1v) is 9.92. The predicted molar refractivity (Wildman–Crippen MR) is 112 cm³/mol. The van der Waals surface area contributed by atoms with Crippen molar-refractivity contribution in [2.24, 2.45) is 0 Å². The Hall–Kier alpha value is -2.82. The first kappa shape index (κ1) is 21.4. The van der Waals surface area contributed by atoms with Crippen molar-refractivity contribution in [3.05, 3.63) is 86.4 Å². The molecule has 0 spiro atoms. The molecule has 0 bridgehead atoms. The minimum Gasteiger partial charge on any atom is -0.394 e. The van der Waals surface area contributed by atoms with Gasteiger partial charge in [-0.05, 0) is 35.4 Å². The van der Waals surface area contributed by atoms with Crippen LogP contribution in [0.15, 0.2) is 64.4 Å². The summed E-state index contributed by atoms with van der Waals surface area (Å²) in [7, 11) is 0. The second kappa shape index (κ2) is 8.74. The summed E-state index contributed by atoms with van der Waals surface area (Å²) in [6.45, 7) is -0.634. The van der Waals surface area contributed by atoms with Gasteiger partial charge in [-0.15, -0.1) is 0 Å². The summed E-state index contributed by atoms with van der Waals surface area (Å²) in [4.78, 5) is 29.6. The standard InChI is InChI=1S/C21H20ClN3O6/c22-14-3-1-2-12(8-14)13-4-6-23-15(9-13)10-25-17(27)5-7-24(21(25)30)20-19(29)18(28)16(11-26)31-20/h1-9,16,18-20,26,28-29H,10-11H2/t16-,18?,19?,20-/m1/s1. The van der Waals surface area contributed by atoms with Crippen LogP contribution in [0.1, 0.15) is 11.9 Å². The first-order valence-electron chi connectivity index (χ1n) is 9.54. The summed E-state index contributed by atoms with van der Waals surface area (Å²) >= 11 is 6.06. The van der Waals surface area contributed by atoms with Crippen molar-refractivity contribution in [2.45, 2.75) is 31.1 Å². The van der Waals surface area contributed by atoms with E-state index in [1.807, 2.05) is 12.1 Å². The van der Waals surface area contributed by atoms with Crippen LogP contribution in [0.25, 0.3) is 11.1 Å². The molecule has 9 nitrogen and oxygen atoms in total. The number of halogens is 1. The van der Waals surface area contributed by atoms with E-state index in [0.717, 1.165) is 26.3 Å². The molecule has 31 heavy (non-hydrogen) atoms. The third-order valence-electron chi connectivity index (χ3n) is 5.18. The van der Waals surface area contributed by atoms with Gasteiger partial charge < -0.3 is 20.1 Å². The molecular formula is C21H20ClN3O6. The number of aliphatic hydroxyl groups excluding tert-OH is 3. The van der Waals surface area contributed by atoms with Gasteiger partial charge in [0.1, 0.15) is 18.3 Å². The van der Waals surface area contributed by atoms with Crippen molar-refractivity contribution in [3.63, 3.8) is 0 Å². The molecule has 2 aromatic heterocycles. The average molecular weight is 446 g/mol. The zero-order valence-corrected chi connectivity index (χ0v) is 17.0. The lowest BCUT2D eigenvalue weighted by Gasteiger charge is -2.18. The van der Waals surface area contributed by atoms with Crippen molar-refractivity contribution in [3.8, 4) is 11.1 Å². The molecule has 3 heterocycles. The number of aliphatic hydroxyl groups is 3. The molecule has 0 radical (unpaired) electrons. The van der Waals surface area contributed by atoms with Gasteiger partial charge in [0.05, 0.1) is 18.8 Å². The quantitative estimate of drug-likeness (QED) is 0.518. The molecule has 1 saturated heterocycles. The van der Waals surface area contributed by atoms with Gasteiger partial charge in [-0.25, -0.2) is 4.79 Å². The second-order valence-corrected chi connectivity index (χ2v) is 7.64. The maximum absolute atomic E-state index is 13.0.